The summed E-state index contributed by atoms with van der Waals surface area (Å²) < 4.78 is 36.9. The maximum atomic E-state index is 12.3. The van der Waals surface area contributed by atoms with Gasteiger partial charge in [-0.25, -0.2) is 0 Å². The van der Waals surface area contributed by atoms with Crippen LogP contribution in [-0.4, -0.2) is 6.54 Å². The Morgan fingerprint density at radius 2 is 1.53 bits per heavy atom. The minimum atomic E-state index is -4.25. The fourth-order valence-corrected chi connectivity index (χ4v) is 1.39. The number of rotatable bonds is 3. The summed E-state index contributed by atoms with van der Waals surface area (Å²) in [5.41, 5.74) is 0.436. The molecular weight excluding hydrogens is 227 g/mol. The van der Waals surface area contributed by atoms with E-state index in [0.29, 0.717) is 6.54 Å². The Hall–Kier alpha value is -1.03. The SMILES string of the molecule is CC(C)(C)CNCc1ccc(C(F)(F)F)cc1. The highest BCUT2D eigenvalue weighted by Crippen LogP contribution is 2.29. The predicted molar refractivity (Wildman–Crippen MR) is 62.6 cm³/mol. The van der Waals surface area contributed by atoms with Crippen molar-refractivity contribution in [1.82, 2.24) is 5.32 Å². The lowest BCUT2D eigenvalue weighted by Crippen LogP contribution is -2.26. The molecule has 0 saturated carbocycles. The van der Waals surface area contributed by atoms with E-state index in [1.54, 1.807) is 0 Å². The third-order valence-electron chi connectivity index (χ3n) is 2.27. The zero-order valence-electron chi connectivity index (χ0n) is 10.4. The minimum absolute atomic E-state index is 0.173. The number of benzene rings is 1. The van der Waals surface area contributed by atoms with Gasteiger partial charge >= 0.3 is 6.18 Å². The summed E-state index contributed by atoms with van der Waals surface area (Å²) in [6.07, 6.45) is -4.25. The van der Waals surface area contributed by atoms with E-state index in [-0.39, 0.29) is 5.41 Å². The lowest BCUT2D eigenvalue weighted by Gasteiger charge is -2.18. The van der Waals surface area contributed by atoms with Crippen LogP contribution < -0.4 is 5.32 Å². The molecular formula is C13H18F3N. The van der Waals surface area contributed by atoms with Gasteiger partial charge in [-0.15, -0.1) is 0 Å². The van der Waals surface area contributed by atoms with Crippen LogP contribution in [0.15, 0.2) is 24.3 Å². The first-order valence-corrected chi connectivity index (χ1v) is 5.55. The monoisotopic (exact) mass is 245 g/mol. The Morgan fingerprint density at radius 1 is 1.00 bits per heavy atom. The van der Waals surface area contributed by atoms with E-state index >= 15 is 0 Å². The van der Waals surface area contributed by atoms with Crippen molar-refractivity contribution in [3.8, 4) is 0 Å². The molecule has 0 bridgehead atoms. The Labute approximate surface area is 100 Å². The molecule has 0 spiro atoms. The third kappa shape index (κ3) is 5.22. The summed E-state index contributed by atoms with van der Waals surface area (Å²) in [6.45, 7) is 7.73. The molecule has 1 aromatic carbocycles. The number of halogens is 3. The predicted octanol–water partition coefficient (Wildman–Crippen LogP) is 3.84. The topological polar surface area (TPSA) is 12.0 Å². The Kier molecular flexibility index (Phi) is 4.20. The Bertz CT molecular complexity index is 346. The molecule has 1 nitrogen and oxygen atoms in total. The lowest BCUT2D eigenvalue weighted by molar-refractivity contribution is -0.137. The standard InChI is InChI=1S/C13H18F3N/c1-12(2,3)9-17-8-10-4-6-11(7-5-10)13(14,15)16/h4-7,17H,8-9H2,1-3H3. The highest BCUT2D eigenvalue weighted by molar-refractivity contribution is 5.24. The second kappa shape index (κ2) is 5.08. The summed E-state index contributed by atoms with van der Waals surface area (Å²) in [4.78, 5) is 0. The van der Waals surface area contributed by atoms with Gasteiger partial charge in [0.15, 0.2) is 0 Å². The van der Waals surface area contributed by atoms with Gasteiger partial charge in [-0.2, -0.15) is 13.2 Å². The van der Waals surface area contributed by atoms with E-state index < -0.39 is 11.7 Å². The third-order valence-corrected chi connectivity index (χ3v) is 2.27. The van der Waals surface area contributed by atoms with Gasteiger partial charge in [0.25, 0.3) is 0 Å². The van der Waals surface area contributed by atoms with E-state index in [0.717, 1.165) is 24.2 Å². The molecule has 0 amide bonds. The van der Waals surface area contributed by atoms with E-state index in [4.69, 9.17) is 0 Å². The van der Waals surface area contributed by atoms with Crippen molar-refractivity contribution in [3.05, 3.63) is 35.4 Å². The maximum absolute atomic E-state index is 12.3. The zero-order chi connectivity index (χ0) is 13.1. The lowest BCUT2D eigenvalue weighted by atomic mass is 9.97. The average Bonchev–Trinajstić information content (AvgIpc) is 2.15. The molecule has 0 aliphatic carbocycles. The molecule has 0 radical (unpaired) electrons. The van der Waals surface area contributed by atoms with Gasteiger partial charge < -0.3 is 5.32 Å². The molecule has 1 rings (SSSR count). The molecule has 96 valence electrons. The quantitative estimate of drug-likeness (QED) is 0.853. The van der Waals surface area contributed by atoms with E-state index in [1.807, 2.05) is 0 Å². The first kappa shape index (κ1) is 14.0. The van der Waals surface area contributed by atoms with Crippen molar-refractivity contribution in [2.75, 3.05) is 6.54 Å². The summed E-state index contributed by atoms with van der Waals surface area (Å²) in [5.74, 6) is 0. The molecule has 4 heteroatoms. The van der Waals surface area contributed by atoms with Gasteiger partial charge in [-0.05, 0) is 23.1 Å². The highest BCUT2D eigenvalue weighted by atomic mass is 19.4. The first-order valence-electron chi connectivity index (χ1n) is 5.55. The smallest absolute Gasteiger partial charge is 0.312 e. The van der Waals surface area contributed by atoms with Crippen LogP contribution in [0.5, 0.6) is 0 Å². The van der Waals surface area contributed by atoms with Crippen LogP contribution in [-0.2, 0) is 12.7 Å². The first-order chi connectivity index (χ1) is 7.68. The highest BCUT2D eigenvalue weighted by Gasteiger charge is 2.29. The molecule has 1 N–H and O–H groups in total. The van der Waals surface area contributed by atoms with E-state index in [1.165, 1.54) is 12.1 Å². The molecule has 0 aromatic heterocycles. The van der Waals surface area contributed by atoms with E-state index in [2.05, 4.69) is 26.1 Å². The second-order valence-electron chi connectivity index (χ2n) is 5.36. The summed E-state index contributed by atoms with van der Waals surface area (Å²) >= 11 is 0. The number of nitrogens with one attached hydrogen (secondary N) is 1. The maximum Gasteiger partial charge on any atom is 0.416 e. The molecule has 17 heavy (non-hydrogen) atoms. The van der Waals surface area contributed by atoms with Crippen LogP contribution in [0.25, 0.3) is 0 Å². The summed E-state index contributed by atoms with van der Waals surface area (Å²) in [7, 11) is 0. The van der Waals surface area contributed by atoms with Crippen molar-refractivity contribution in [2.24, 2.45) is 5.41 Å². The van der Waals surface area contributed by atoms with Gasteiger partial charge in [-0.3, -0.25) is 0 Å². The van der Waals surface area contributed by atoms with Gasteiger partial charge in [0, 0.05) is 13.1 Å². The van der Waals surface area contributed by atoms with Gasteiger partial charge in [-0.1, -0.05) is 32.9 Å². The normalized spacial score (nSPS) is 12.8. The Balaban J connectivity index is 2.52. The van der Waals surface area contributed by atoms with Crippen LogP contribution in [0.1, 0.15) is 31.9 Å². The molecule has 0 fully saturated rings. The van der Waals surface area contributed by atoms with Crippen LogP contribution in [0.4, 0.5) is 13.2 Å². The average molecular weight is 245 g/mol. The number of hydrogen-bond acceptors (Lipinski definition) is 1. The molecule has 1 aromatic rings. The summed E-state index contributed by atoms with van der Waals surface area (Å²) in [6, 6.07) is 5.26. The Morgan fingerprint density at radius 3 is 1.94 bits per heavy atom. The molecule has 0 unspecified atom stereocenters. The number of hydrogen-bond donors (Lipinski definition) is 1. The van der Waals surface area contributed by atoms with Gasteiger partial charge in [0.05, 0.1) is 5.56 Å². The number of alkyl halides is 3. The molecule has 0 heterocycles. The largest absolute Gasteiger partial charge is 0.416 e. The van der Waals surface area contributed by atoms with Crippen molar-refractivity contribution in [1.29, 1.82) is 0 Å². The van der Waals surface area contributed by atoms with Crippen molar-refractivity contribution in [3.63, 3.8) is 0 Å². The van der Waals surface area contributed by atoms with Gasteiger partial charge in [0.1, 0.15) is 0 Å². The second-order valence-corrected chi connectivity index (χ2v) is 5.36. The molecule has 0 saturated heterocycles. The minimum Gasteiger partial charge on any atom is -0.312 e. The molecule has 0 aliphatic heterocycles. The van der Waals surface area contributed by atoms with E-state index in [9.17, 15) is 13.2 Å². The summed E-state index contributed by atoms with van der Waals surface area (Å²) in [5, 5.41) is 3.22. The fourth-order valence-electron chi connectivity index (χ4n) is 1.39. The molecule has 0 aliphatic rings. The van der Waals surface area contributed by atoms with Crippen molar-refractivity contribution < 1.29 is 13.2 Å². The fraction of sp³-hybridized carbons (Fsp3) is 0.538. The van der Waals surface area contributed by atoms with Gasteiger partial charge in [0.2, 0.25) is 0 Å². The van der Waals surface area contributed by atoms with Crippen LogP contribution >= 0.6 is 0 Å². The molecule has 0 atom stereocenters. The van der Waals surface area contributed by atoms with Crippen molar-refractivity contribution >= 4 is 0 Å². The zero-order valence-corrected chi connectivity index (χ0v) is 10.4. The van der Waals surface area contributed by atoms with Crippen LogP contribution in [0.3, 0.4) is 0 Å². The van der Waals surface area contributed by atoms with Crippen LogP contribution in [0, 0.1) is 5.41 Å². The van der Waals surface area contributed by atoms with Crippen LogP contribution in [0.2, 0.25) is 0 Å². The van der Waals surface area contributed by atoms with Crippen molar-refractivity contribution in [2.45, 2.75) is 33.5 Å².